The summed E-state index contributed by atoms with van der Waals surface area (Å²) in [6.45, 7) is -1.11. The molecule has 2 aromatic rings. The van der Waals surface area contributed by atoms with Crippen LogP contribution in [0.1, 0.15) is 16.7 Å². The molecule has 3 nitrogen and oxygen atoms in total. The van der Waals surface area contributed by atoms with E-state index in [0.717, 1.165) is 0 Å². The molecule has 2 aromatic carbocycles. The molecule has 1 atom stereocenters. The topological polar surface area (TPSA) is 49.3 Å². The molecule has 0 aliphatic carbocycles. The van der Waals surface area contributed by atoms with Gasteiger partial charge in [-0.1, -0.05) is 17.7 Å². The largest absolute Gasteiger partial charge is 0.430 e. The van der Waals surface area contributed by atoms with E-state index in [4.69, 9.17) is 11.6 Å². The number of hydrogen-bond acceptors (Lipinski definition) is 2. The van der Waals surface area contributed by atoms with Crippen LogP contribution in [0.2, 0.25) is 5.02 Å². The Bertz CT molecular complexity index is 929. The van der Waals surface area contributed by atoms with Gasteiger partial charge >= 0.3 is 12.4 Å². The Morgan fingerprint density at radius 1 is 0.931 bits per heavy atom. The van der Waals surface area contributed by atoms with Gasteiger partial charge in [0.25, 0.3) is 11.5 Å². The van der Waals surface area contributed by atoms with Crippen molar-refractivity contribution < 1.29 is 45.0 Å². The molecule has 2 rings (SSSR count). The zero-order valence-corrected chi connectivity index (χ0v) is 14.7. The van der Waals surface area contributed by atoms with Crippen LogP contribution in [-0.4, -0.2) is 17.2 Å². The molecule has 0 aromatic heterocycles. The maximum Gasteiger partial charge on any atom is 0.430 e. The summed E-state index contributed by atoms with van der Waals surface area (Å²) < 4.78 is 106. The highest BCUT2D eigenvalue weighted by Crippen LogP contribution is 2.40. The fraction of sp³-hybridized carbons (Fsp3) is 0.235. The second kappa shape index (κ2) is 7.79. The van der Waals surface area contributed by atoms with Gasteiger partial charge in [0.1, 0.15) is 11.6 Å². The molecule has 0 saturated heterocycles. The molecule has 0 heterocycles. The average Bonchev–Trinajstić information content (AvgIpc) is 2.60. The van der Waals surface area contributed by atoms with E-state index in [0.29, 0.717) is 30.3 Å². The third kappa shape index (κ3) is 4.61. The van der Waals surface area contributed by atoms with E-state index < -0.39 is 63.8 Å². The zero-order chi connectivity index (χ0) is 22.2. The second-order valence-electron chi connectivity index (χ2n) is 5.82. The van der Waals surface area contributed by atoms with Crippen molar-refractivity contribution in [2.24, 2.45) is 0 Å². The van der Waals surface area contributed by atoms with Gasteiger partial charge < -0.3 is 10.4 Å². The van der Waals surface area contributed by atoms with Gasteiger partial charge in [-0.15, -0.1) is 0 Å². The number of benzene rings is 2. The van der Waals surface area contributed by atoms with Gasteiger partial charge in [0.2, 0.25) is 0 Å². The minimum absolute atomic E-state index is 0.181. The highest BCUT2D eigenvalue weighted by atomic mass is 35.5. The lowest BCUT2D eigenvalue weighted by atomic mass is 9.91. The third-order valence-electron chi connectivity index (χ3n) is 3.89. The Morgan fingerprint density at radius 3 is 2.03 bits per heavy atom. The Balaban J connectivity index is 2.36. The molecule has 29 heavy (non-hydrogen) atoms. The zero-order valence-electron chi connectivity index (χ0n) is 13.9. The molecule has 1 amide bonds. The number of carbonyl (C=O) groups excluding carboxylic acids is 1. The lowest BCUT2D eigenvalue weighted by Gasteiger charge is -2.29. The van der Waals surface area contributed by atoms with Crippen LogP contribution in [0.3, 0.4) is 0 Å². The normalized spacial score (nSPS) is 14.4. The van der Waals surface area contributed by atoms with Crippen molar-refractivity contribution in [1.82, 2.24) is 5.32 Å². The van der Waals surface area contributed by atoms with E-state index in [1.807, 2.05) is 0 Å². The lowest BCUT2D eigenvalue weighted by molar-refractivity contribution is -0.257. The summed E-state index contributed by atoms with van der Waals surface area (Å²) >= 11 is 5.36. The Hall–Kier alpha value is -2.40. The first-order chi connectivity index (χ1) is 13.2. The van der Waals surface area contributed by atoms with Crippen LogP contribution in [-0.2, 0) is 23.1 Å². The molecule has 0 spiro atoms. The van der Waals surface area contributed by atoms with Gasteiger partial charge in [-0.25, -0.2) is 8.78 Å². The van der Waals surface area contributed by atoms with E-state index >= 15 is 0 Å². The number of aliphatic hydroxyl groups is 1. The summed E-state index contributed by atoms with van der Waals surface area (Å²) in [6.07, 6.45) is -10.5. The molecule has 0 saturated carbocycles. The summed E-state index contributed by atoms with van der Waals surface area (Å²) in [6, 6.07) is 2.52. The van der Waals surface area contributed by atoms with Gasteiger partial charge in [-0.05, 0) is 30.3 Å². The Morgan fingerprint density at radius 2 is 1.52 bits per heavy atom. The van der Waals surface area contributed by atoms with Crippen molar-refractivity contribution in [2.45, 2.75) is 24.5 Å². The third-order valence-corrected chi connectivity index (χ3v) is 4.20. The van der Waals surface area contributed by atoms with E-state index in [2.05, 4.69) is 0 Å². The van der Waals surface area contributed by atoms with E-state index in [-0.39, 0.29) is 6.07 Å². The summed E-state index contributed by atoms with van der Waals surface area (Å²) in [5.74, 6) is -4.74. The predicted molar refractivity (Wildman–Crippen MR) is 84.6 cm³/mol. The standard InChI is InChI=1S/C17H10ClF8NO2/c18-11-3-1-9(6-13(11)20)15(29,17(24,25)26)14(28)27-7-8-5-10(16(21,22)23)2-4-12(8)19/h1-6,29H,7H2,(H,27,28)/t15-/m1/s1. The molecule has 0 unspecified atom stereocenters. The van der Waals surface area contributed by atoms with E-state index in [1.54, 1.807) is 0 Å². The van der Waals surface area contributed by atoms with Crippen LogP contribution < -0.4 is 5.32 Å². The van der Waals surface area contributed by atoms with Crippen LogP contribution in [0.4, 0.5) is 35.1 Å². The van der Waals surface area contributed by atoms with Gasteiger partial charge in [0, 0.05) is 17.7 Å². The molecule has 0 radical (unpaired) electrons. The molecular weight excluding hydrogens is 438 g/mol. The smallest absolute Gasteiger partial charge is 0.369 e. The number of hydrogen-bond donors (Lipinski definition) is 2. The highest BCUT2D eigenvalue weighted by molar-refractivity contribution is 6.30. The van der Waals surface area contributed by atoms with E-state index in [9.17, 15) is 45.0 Å². The Kier molecular flexibility index (Phi) is 6.15. The number of carbonyl (C=O) groups is 1. The first kappa shape index (κ1) is 22.9. The summed E-state index contributed by atoms with van der Waals surface area (Å²) in [7, 11) is 0. The maximum atomic E-state index is 13.7. The molecule has 158 valence electrons. The molecule has 2 N–H and O–H groups in total. The van der Waals surface area contributed by atoms with Crippen LogP contribution in [0, 0.1) is 11.6 Å². The Labute approximate surface area is 162 Å². The molecule has 0 aliphatic rings. The predicted octanol–water partition coefficient (Wildman–Crippen LogP) is 4.70. The highest BCUT2D eigenvalue weighted by Gasteiger charge is 2.61. The SMILES string of the molecule is O=C(NCc1cc(C(F)(F)F)ccc1F)[C@](O)(c1ccc(Cl)c(F)c1)C(F)(F)F. The summed E-state index contributed by atoms with van der Waals surface area (Å²) in [4.78, 5) is 12.1. The first-order valence-corrected chi connectivity index (χ1v) is 7.94. The molecule has 0 aliphatic heterocycles. The number of nitrogens with one attached hydrogen (secondary N) is 1. The van der Waals surface area contributed by atoms with Gasteiger partial charge in [0.05, 0.1) is 10.6 Å². The minimum Gasteiger partial charge on any atom is -0.369 e. The molecule has 0 fully saturated rings. The van der Waals surface area contributed by atoms with Crippen LogP contribution in [0.25, 0.3) is 0 Å². The second-order valence-corrected chi connectivity index (χ2v) is 6.23. The lowest BCUT2D eigenvalue weighted by Crippen LogP contribution is -2.54. The van der Waals surface area contributed by atoms with Crippen molar-refractivity contribution >= 4 is 17.5 Å². The van der Waals surface area contributed by atoms with Gasteiger partial charge in [-0.2, -0.15) is 26.3 Å². The van der Waals surface area contributed by atoms with Crippen molar-refractivity contribution in [3.63, 3.8) is 0 Å². The van der Waals surface area contributed by atoms with Crippen LogP contribution in [0.15, 0.2) is 36.4 Å². The van der Waals surface area contributed by atoms with Crippen molar-refractivity contribution in [3.8, 4) is 0 Å². The number of halogens is 9. The van der Waals surface area contributed by atoms with Crippen molar-refractivity contribution in [1.29, 1.82) is 0 Å². The van der Waals surface area contributed by atoms with Crippen LogP contribution in [0.5, 0.6) is 0 Å². The fourth-order valence-corrected chi connectivity index (χ4v) is 2.45. The average molecular weight is 448 g/mol. The minimum atomic E-state index is -5.65. The molecule has 0 bridgehead atoms. The molecule has 12 heteroatoms. The van der Waals surface area contributed by atoms with E-state index in [1.165, 1.54) is 5.32 Å². The fourth-order valence-electron chi connectivity index (χ4n) is 2.33. The summed E-state index contributed by atoms with van der Waals surface area (Å²) in [5.41, 5.74) is -7.57. The monoisotopic (exact) mass is 447 g/mol. The maximum absolute atomic E-state index is 13.7. The van der Waals surface area contributed by atoms with Crippen molar-refractivity contribution in [3.05, 3.63) is 69.7 Å². The molecular formula is C17H10ClF8NO2. The van der Waals surface area contributed by atoms with Gasteiger partial charge in [-0.3, -0.25) is 4.79 Å². The van der Waals surface area contributed by atoms with Crippen LogP contribution >= 0.6 is 11.6 Å². The van der Waals surface area contributed by atoms with Crippen molar-refractivity contribution in [2.75, 3.05) is 0 Å². The van der Waals surface area contributed by atoms with Gasteiger partial charge in [0.15, 0.2) is 0 Å². The number of alkyl halides is 6. The number of rotatable bonds is 4. The summed E-state index contributed by atoms with van der Waals surface area (Å²) in [5, 5.41) is 11.0. The quantitative estimate of drug-likeness (QED) is 0.667. The number of amides is 1. The first-order valence-electron chi connectivity index (χ1n) is 7.56.